The molecule has 0 aliphatic carbocycles. The average molecular weight is 264 g/mol. The molecule has 0 spiro atoms. The second-order valence-electron chi connectivity index (χ2n) is 3.41. The van der Waals surface area contributed by atoms with Crippen molar-refractivity contribution in [2.75, 3.05) is 11.9 Å². The van der Waals surface area contributed by atoms with Crippen molar-refractivity contribution in [3.05, 3.63) is 36.7 Å². The van der Waals surface area contributed by atoms with Crippen molar-refractivity contribution in [3.63, 3.8) is 0 Å². The minimum Gasteiger partial charge on any atom is -0.337 e. The van der Waals surface area contributed by atoms with Gasteiger partial charge in [0.2, 0.25) is 11.1 Å². The molecule has 18 heavy (non-hydrogen) atoms. The van der Waals surface area contributed by atoms with Crippen LogP contribution in [0, 0.1) is 0 Å². The molecule has 0 saturated carbocycles. The molecule has 0 aliphatic rings. The van der Waals surface area contributed by atoms with Crippen LogP contribution in [0.5, 0.6) is 0 Å². The van der Waals surface area contributed by atoms with Crippen LogP contribution in [0.1, 0.15) is 0 Å². The molecular formula is C11H12N4O2S. The lowest BCUT2D eigenvalue weighted by Crippen LogP contribution is -2.22. The van der Waals surface area contributed by atoms with Gasteiger partial charge >= 0.3 is 0 Å². The number of para-hydroxylation sites is 1. The molecule has 0 aliphatic heterocycles. The number of benzene rings is 1. The molecule has 2 aromatic rings. The minimum atomic E-state index is -1.47. The summed E-state index contributed by atoms with van der Waals surface area (Å²) < 4.78 is 12.2. The van der Waals surface area contributed by atoms with Gasteiger partial charge in [-0.25, -0.2) is 9.19 Å². The highest BCUT2D eigenvalue weighted by Crippen LogP contribution is 2.22. The number of H-pyrrole nitrogens is 1. The van der Waals surface area contributed by atoms with E-state index in [1.807, 2.05) is 0 Å². The van der Waals surface area contributed by atoms with Gasteiger partial charge in [-0.1, -0.05) is 12.1 Å². The summed E-state index contributed by atoms with van der Waals surface area (Å²) in [6.45, 7) is -0.123. The molecule has 1 atom stereocenters. The maximum Gasteiger partial charge on any atom is 0.238 e. The zero-order chi connectivity index (χ0) is 13.0. The minimum absolute atomic E-state index is 0.123. The van der Waals surface area contributed by atoms with Gasteiger partial charge in [0.05, 0.1) is 17.1 Å². The molecule has 0 radical (unpaired) electrons. The van der Waals surface area contributed by atoms with Crippen LogP contribution in [0.4, 0.5) is 5.69 Å². The average Bonchev–Trinajstić information content (AvgIpc) is 2.92. The van der Waals surface area contributed by atoms with Gasteiger partial charge in [0.25, 0.3) is 0 Å². The molecule has 6 nitrogen and oxygen atoms in total. The number of carbonyl (C=O) groups is 1. The Hall–Kier alpha value is -1.99. The zero-order valence-electron chi connectivity index (χ0n) is 9.42. The number of rotatable bonds is 4. The number of amides is 1. The molecule has 0 bridgehead atoms. The fourth-order valence-electron chi connectivity index (χ4n) is 1.39. The highest BCUT2D eigenvalue weighted by atomic mass is 32.2. The first-order chi connectivity index (χ1) is 8.72. The van der Waals surface area contributed by atoms with E-state index in [2.05, 4.69) is 15.3 Å². The number of carbonyl (C=O) groups excluding carboxylic acids is 1. The SMILES string of the molecule is NCC(=O)Nc1ccccc1S(=O)c1ncc[nH]1. The van der Waals surface area contributed by atoms with Crippen LogP contribution in [0.2, 0.25) is 0 Å². The third-order valence-corrected chi connectivity index (χ3v) is 3.52. The van der Waals surface area contributed by atoms with Crippen LogP contribution in [-0.4, -0.2) is 26.6 Å². The lowest BCUT2D eigenvalue weighted by atomic mass is 10.3. The number of imidazole rings is 1. The summed E-state index contributed by atoms with van der Waals surface area (Å²) in [5.41, 5.74) is 5.71. The predicted molar refractivity (Wildman–Crippen MR) is 67.4 cm³/mol. The highest BCUT2D eigenvalue weighted by Gasteiger charge is 2.14. The molecule has 1 aromatic heterocycles. The van der Waals surface area contributed by atoms with Crippen molar-refractivity contribution in [1.29, 1.82) is 0 Å². The number of hydrogen-bond acceptors (Lipinski definition) is 4. The van der Waals surface area contributed by atoms with Crippen molar-refractivity contribution >= 4 is 22.4 Å². The van der Waals surface area contributed by atoms with Crippen LogP contribution in [0.15, 0.2) is 46.7 Å². The standard InChI is InChI=1S/C11H12N4O2S/c12-7-10(16)15-8-3-1-2-4-9(8)18(17)11-13-5-6-14-11/h1-6H,7,12H2,(H,13,14)(H,15,16). The second kappa shape index (κ2) is 5.56. The quantitative estimate of drug-likeness (QED) is 0.747. The maximum atomic E-state index is 12.2. The largest absolute Gasteiger partial charge is 0.337 e. The summed E-state index contributed by atoms with van der Waals surface area (Å²) in [4.78, 5) is 18.5. The van der Waals surface area contributed by atoms with Crippen molar-refractivity contribution in [2.24, 2.45) is 5.73 Å². The molecule has 0 fully saturated rings. The molecule has 1 aromatic carbocycles. The van der Waals surface area contributed by atoms with Crippen LogP contribution in [0.25, 0.3) is 0 Å². The maximum absolute atomic E-state index is 12.2. The first kappa shape index (κ1) is 12.5. The summed E-state index contributed by atoms with van der Waals surface area (Å²) in [6, 6.07) is 6.83. The van der Waals surface area contributed by atoms with Crippen LogP contribution < -0.4 is 11.1 Å². The number of aromatic amines is 1. The Morgan fingerprint density at radius 3 is 2.89 bits per heavy atom. The number of nitrogens with zero attached hydrogens (tertiary/aromatic N) is 1. The van der Waals surface area contributed by atoms with Gasteiger partial charge in [-0.2, -0.15) is 0 Å². The van der Waals surface area contributed by atoms with Gasteiger partial charge in [-0.05, 0) is 12.1 Å². The molecule has 2 rings (SSSR count). The number of anilines is 1. The molecule has 7 heteroatoms. The van der Waals surface area contributed by atoms with Crippen molar-refractivity contribution < 1.29 is 9.00 Å². The zero-order valence-corrected chi connectivity index (χ0v) is 10.2. The van der Waals surface area contributed by atoms with Gasteiger partial charge in [-0.3, -0.25) is 4.79 Å². The predicted octanol–water partition coefficient (Wildman–Crippen LogP) is 0.474. The normalized spacial score (nSPS) is 12.1. The first-order valence-corrected chi connectivity index (χ1v) is 6.37. The van der Waals surface area contributed by atoms with Gasteiger partial charge in [0.15, 0.2) is 0 Å². The van der Waals surface area contributed by atoms with Gasteiger partial charge < -0.3 is 16.0 Å². The van der Waals surface area contributed by atoms with E-state index in [1.165, 1.54) is 6.20 Å². The summed E-state index contributed by atoms with van der Waals surface area (Å²) in [7, 11) is -1.47. The fourth-order valence-corrected chi connectivity index (χ4v) is 2.45. The van der Waals surface area contributed by atoms with E-state index in [0.29, 0.717) is 15.7 Å². The Bertz CT molecular complexity index is 568. The third-order valence-electron chi connectivity index (χ3n) is 2.20. The van der Waals surface area contributed by atoms with Crippen LogP contribution >= 0.6 is 0 Å². The summed E-state index contributed by atoms with van der Waals surface area (Å²) in [5.74, 6) is -0.334. The van der Waals surface area contributed by atoms with Gasteiger partial charge in [-0.15, -0.1) is 0 Å². The monoisotopic (exact) mass is 264 g/mol. The molecule has 94 valence electrons. The van der Waals surface area contributed by atoms with Crippen molar-refractivity contribution in [3.8, 4) is 0 Å². The van der Waals surface area contributed by atoms with E-state index in [0.717, 1.165) is 0 Å². The Kier molecular flexibility index (Phi) is 3.85. The van der Waals surface area contributed by atoms with Gasteiger partial charge in [0.1, 0.15) is 10.8 Å². The van der Waals surface area contributed by atoms with E-state index >= 15 is 0 Å². The number of nitrogens with one attached hydrogen (secondary N) is 2. The van der Waals surface area contributed by atoms with Crippen LogP contribution in [-0.2, 0) is 15.6 Å². The Labute approximate surface area is 106 Å². The molecule has 0 saturated heterocycles. The van der Waals surface area contributed by atoms with E-state index in [1.54, 1.807) is 30.5 Å². The lowest BCUT2D eigenvalue weighted by Gasteiger charge is -2.08. The highest BCUT2D eigenvalue weighted by molar-refractivity contribution is 7.85. The van der Waals surface area contributed by atoms with Gasteiger partial charge in [0, 0.05) is 12.4 Å². The van der Waals surface area contributed by atoms with E-state index in [9.17, 15) is 9.00 Å². The fraction of sp³-hybridized carbons (Fsp3) is 0.0909. The van der Waals surface area contributed by atoms with E-state index in [4.69, 9.17) is 5.73 Å². The van der Waals surface area contributed by atoms with Crippen molar-refractivity contribution in [1.82, 2.24) is 9.97 Å². The second-order valence-corrected chi connectivity index (χ2v) is 4.78. The molecular weight excluding hydrogens is 252 g/mol. The van der Waals surface area contributed by atoms with Crippen molar-refractivity contribution in [2.45, 2.75) is 10.1 Å². The Morgan fingerprint density at radius 2 is 2.22 bits per heavy atom. The molecule has 1 heterocycles. The number of hydrogen-bond donors (Lipinski definition) is 3. The van der Waals surface area contributed by atoms with E-state index < -0.39 is 10.8 Å². The summed E-state index contributed by atoms with van der Waals surface area (Å²) >= 11 is 0. The number of nitrogens with two attached hydrogens (primary N) is 1. The molecule has 1 amide bonds. The van der Waals surface area contributed by atoms with E-state index in [-0.39, 0.29) is 12.5 Å². The molecule has 1 unspecified atom stereocenters. The number of aromatic nitrogens is 2. The summed E-state index contributed by atoms with van der Waals surface area (Å²) in [5, 5.41) is 2.94. The third kappa shape index (κ3) is 2.63. The Morgan fingerprint density at radius 1 is 1.44 bits per heavy atom. The summed E-state index contributed by atoms with van der Waals surface area (Å²) in [6.07, 6.45) is 3.11. The van der Waals surface area contributed by atoms with Crippen LogP contribution in [0.3, 0.4) is 0 Å². The topological polar surface area (TPSA) is 101 Å². The molecule has 4 N–H and O–H groups in total. The first-order valence-electron chi connectivity index (χ1n) is 5.22. The lowest BCUT2D eigenvalue weighted by molar-refractivity contribution is -0.114. The Balaban J connectivity index is 2.33. The smallest absolute Gasteiger partial charge is 0.238 e.